The van der Waals surface area contributed by atoms with Crippen LogP contribution in [0, 0.1) is 17.2 Å². The Labute approximate surface area is 165 Å². The third kappa shape index (κ3) is 4.02. The minimum atomic E-state index is 0.0554. The van der Waals surface area contributed by atoms with Crippen LogP contribution in [-0.4, -0.2) is 60.0 Å². The zero-order valence-corrected chi connectivity index (χ0v) is 16.0. The predicted octanol–water partition coefficient (Wildman–Crippen LogP) is 2.11. The maximum absolute atomic E-state index is 13.1. The lowest BCUT2D eigenvalue weighted by molar-refractivity contribution is -0.137. The van der Waals surface area contributed by atoms with Gasteiger partial charge in [-0.3, -0.25) is 9.69 Å². The van der Waals surface area contributed by atoms with Gasteiger partial charge in [0.2, 0.25) is 5.91 Å². The van der Waals surface area contributed by atoms with E-state index in [1.165, 1.54) is 0 Å². The number of anilines is 1. The first kappa shape index (κ1) is 18.5. The highest BCUT2D eigenvalue weighted by atomic mass is 16.3. The van der Waals surface area contributed by atoms with Crippen LogP contribution in [0.5, 0.6) is 0 Å². The molecule has 0 unspecified atom stereocenters. The van der Waals surface area contributed by atoms with Gasteiger partial charge >= 0.3 is 0 Å². The van der Waals surface area contributed by atoms with Crippen molar-refractivity contribution < 1.29 is 9.21 Å². The number of nitrogens with zero attached hydrogens (tertiary/aromatic N) is 5. The van der Waals surface area contributed by atoms with Crippen molar-refractivity contribution in [2.45, 2.75) is 19.4 Å². The van der Waals surface area contributed by atoms with Gasteiger partial charge in [-0.25, -0.2) is 4.98 Å². The Morgan fingerprint density at radius 3 is 2.82 bits per heavy atom. The Balaban J connectivity index is 1.33. The number of likely N-dealkylation sites (tertiary alicyclic amines) is 1. The van der Waals surface area contributed by atoms with E-state index in [9.17, 15) is 10.1 Å². The van der Waals surface area contributed by atoms with Crippen molar-refractivity contribution >= 4 is 11.7 Å². The van der Waals surface area contributed by atoms with Crippen molar-refractivity contribution in [2.24, 2.45) is 5.92 Å². The van der Waals surface area contributed by atoms with Crippen molar-refractivity contribution in [2.75, 3.05) is 44.2 Å². The van der Waals surface area contributed by atoms with Gasteiger partial charge in [-0.15, -0.1) is 0 Å². The number of furan rings is 1. The van der Waals surface area contributed by atoms with Gasteiger partial charge in [-0.05, 0) is 43.7 Å². The molecule has 4 heterocycles. The van der Waals surface area contributed by atoms with E-state index in [1.807, 2.05) is 17.0 Å². The van der Waals surface area contributed by atoms with E-state index in [2.05, 4.69) is 20.9 Å². The average Bonchev–Trinajstić information content (AvgIpc) is 3.26. The standard InChI is InChI=1S/C21H25N5O2/c22-14-17-4-1-7-23-20(17)25-9-11-26(12-10-25)21(27)18-5-2-8-24(15-18)16-19-6-3-13-28-19/h1,3-4,6-7,13,18H,2,5,8-12,15-16H2/t18-/m1/s1. The highest BCUT2D eigenvalue weighted by Crippen LogP contribution is 2.23. The predicted molar refractivity (Wildman–Crippen MR) is 104 cm³/mol. The lowest BCUT2D eigenvalue weighted by Gasteiger charge is -2.39. The first-order valence-corrected chi connectivity index (χ1v) is 9.88. The molecule has 7 nitrogen and oxygen atoms in total. The molecule has 2 saturated heterocycles. The van der Waals surface area contributed by atoms with E-state index in [-0.39, 0.29) is 11.8 Å². The van der Waals surface area contributed by atoms with Crippen LogP contribution in [0.1, 0.15) is 24.2 Å². The molecule has 7 heteroatoms. The van der Waals surface area contributed by atoms with E-state index in [0.717, 1.165) is 44.1 Å². The smallest absolute Gasteiger partial charge is 0.227 e. The number of piperidine rings is 1. The van der Waals surface area contributed by atoms with E-state index >= 15 is 0 Å². The second-order valence-corrected chi connectivity index (χ2v) is 7.45. The summed E-state index contributed by atoms with van der Waals surface area (Å²) in [5, 5.41) is 9.28. The SMILES string of the molecule is N#Cc1cccnc1N1CCN(C(=O)[C@@H]2CCCN(Cc3ccco3)C2)CC1. The fourth-order valence-corrected chi connectivity index (χ4v) is 4.16. The molecule has 28 heavy (non-hydrogen) atoms. The molecular weight excluding hydrogens is 354 g/mol. The Morgan fingerprint density at radius 2 is 2.07 bits per heavy atom. The molecule has 0 spiro atoms. The molecule has 2 aliphatic rings. The topological polar surface area (TPSA) is 76.6 Å². The highest BCUT2D eigenvalue weighted by Gasteiger charge is 2.31. The summed E-state index contributed by atoms with van der Waals surface area (Å²) in [7, 11) is 0. The zero-order chi connectivity index (χ0) is 19.3. The number of aromatic nitrogens is 1. The third-order valence-corrected chi connectivity index (χ3v) is 5.61. The van der Waals surface area contributed by atoms with Crippen LogP contribution in [0.25, 0.3) is 0 Å². The maximum Gasteiger partial charge on any atom is 0.227 e. The van der Waals surface area contributed by atoms with Crippen LogP contribution >= 0.6 is 0 Å². The molecule has 2 fully saturated rings. The number of rotatable bonds is 4. The number of hydrogen-bond donors (Lipinski definition) is 0. The zero-order valence-electron chi connectivity index (χ0n) is 16.0. The van der Waals surface area contributed by atoms with E-state index in [1.54, 1.807) is 24.6 Å². The van der Waals surface area contributed by atoms with Gasteiger partial charge in [-0.1, -0.05) is 0 Å². The second-order valence-electron chi connectivity index (χ2n) is 7.45. The van der Waals surface area contributed by atoms with Crippen molar-refractivity contribution in [1.29, 1.82) is 5.26 Å². The van der Waals surface area contributed by atoms with Crippen LogP contribution in [0.3, 0.4) is 0 Å². The molecule has 0 saturated carbocycles. The summed E-state index contributed by atoms with van der Waals surface area (Å²) in [5.74, 6) is 1.98. The van der Waals surface area contributed by atoms with Gasteiger partial charge in [-0.2, -0.15) is 5.26 Å². The van der Waals surface area contributed by atoms with Gasteiger partial charge < -0.3 is 14.2 Å². The van der Waals surface area contributed by atoms with E-state index in [4.69, 9.17) is 4.42 Å². The van der Waals surface area contributed by atoms with Gasteiger partial charge in [0.05, 0.1) is 24.3 Å². The maximum atomic E-state index is 13.1. The van der Waals surface area contributed by atoms with Gasteiger partial charge in [0, 0.05) is 38.9 Å². The minimum Gasteiger partial charge on any atom is -0.468 e. The summed E-state index contributed by atoms with van der Waals surface area (Å²) < 4.78 is 5.45. The normalized spacial score (nSPS) is 20.8. The number of carbonyl (C=O) groups excluding carboxylic acids is 1. The molecule has 1 atom stereocenters. The number of carbonyl (C=O) groups is 1. The molecule has 0 aliphatic carbocycles. The summed E-state index contributed by atoms with van der Waals surface area (Å²) in [6.07, 6.45) is 5.40. The van der Waals surface area contributed by atoms with Crippen molar-refractivity contribution in [3.8, 4) is 6.07 Å². The molecule has 2 aromatic heterocycles. The van der Waals surface area contributed by atoms with Crippen LogP contribution in [0.2, 0.25) is 0 Å². The summed E-state index contributed by atoms with van der Waals surface area (Å²) in [6, 6.07) is 9.66. The molecular formula is C21H25N5O2. The van der Waals surface area contributed by atoms with Crippen LogP contribution in [0.4, 0.5) is 5.82 Å². The van der Waals surface area contributed by atoms with Gasteiger partial charge in [0.15, 0.2) is 0 Å². The fourth-order valence-electron chi connectivity index (χ4n) is 4.16. The van der Waals surface area contributed by atoms with Crippen molar-refractivity contribution in [3.63, 3.8) is 0 Å². The Bertz CT molecular complexity index is 837. The monoisotopic (exact) mass is 379 g/mol. The molecule has 0 aromatic carbocycles. The van der Waals surface area contributed by atoms with E-state index < -0.39 is 0 Å². The van der Waals surface area contributed by atoms with Gasteiger partial charge in [0.25, 0.3) is 0 Å². The molecule has 2 aromatic rings. The molecule has 0 N–H and O–H groups in total. The molecule has 146 valence electrons. The summed E-state index contributed by atoms with van der Waals surface area (Å²) >= 11 is 0. The quantitative estimate of drug-likeness (QED) is 0.810. The number of pyridine rings is 1. The first-order chi connectivity index (χ1) is 13.7. The molecule has 4 rings (SSSR count). The van der Waals surface area contributed by atoms with E-state index in [0.29, 0.717) is 31.7 Å². The Kier molecular flexibility index (Phi) is 5.58. The highest BCUT2D eigenvalue weighted by molar-refractivity contribution is 5.79. The van der Waals surface area contributed by atoms with Crippen molar-refractivity contribution in [3.05, 3.63) is 48.0 Å². The molecule has 0 bridgehead atoms. The Hall–Kier alpha value is -2.85. The Morgan fingerprint density at radius 1 is 1.21 bits per heavy atom. The lowest BCUT2D eigenvalue weighted by Crippen LogP contribution is -2.52. The largest absolute Gasteiger partial charge is 0.468 e. The molecule has 1 amide bonds. The number of nitriles is 1. The third-order valence-electron chi connectivity index (χ3n) is 5.61. The minimum absolute atomic E-state index is 0.0554. The van der Waals surface area contributed by atoms with Crippen LogP contribution in [0.15, 0.2) is 41.1 Å². The number of hydrogen-bond acceptors (Lipinski definition) is 6. The van der Waals surface area contributed by atoms with Crippen molar-refractivity contribution in [1.82, 2.24) is 14.8 Å². The van der Waals surface area contributed by atoms with Crippen LogP contribution in [-0.2, 0) is 11.3 Å². The molecule has 0 radical (unpaired) electrons. The summed E-state index contributed by atoms with van der Waals surface area (Å²) in [5.41, 5.74) is 0.586. The lowest BCUT2D eigenvalue weighted by atomic mass is 9.96. The number of piperazine rings is 1. The fraction of sp³-hybridized carbons (Fsp3) is 0.476. The summed E-state index contributed by atoms with van der Waals surface area (Å²) in [4.78, 5) is 23.8. The first-order valence-electron chi connectivity index (χ1n) is 9.88. The average molecular weight is 379 g/mol. The van der Waals surface area contributed by atoms with Gasteiger partial charge in [0.1, 0.15) is 17.6 Å². The summed E-state index contributed by atoms with van der Waals surface area (Å²) in [6.45, 7) is 5.33. The second kappa shape index (κ2) is 8.44. The van der Waals surface area contributed by atoms with Crippen LogP contribution < -0.4 is 4.90 Å². The molecule has 2 aliphatic heterocycles. The number of amides is 1.